The number of benzene rings is 2. The Morgan fingerprint density at radius 3 is 2.66 bits per heavy atom. The number of hydrogen-bond acceptors (Lipinski definition) is 5. The van der Waals surface area contributed by atoms with Crippen LogP contribution in [0.25, 0.3) is 22.2 Å². The number of halogens is 1. The topological polar surface area (TPSA) is 119 Å². The summed E-state index contributed by atoms with van der Waals surface area (Å²) in [5, 5.41) is 14.3. The van der Waals surface area contributed by atoms with E-state index in [1.54, 1.807) is 0 Å². The summed E-state index contributed by atoms with van der Waals surface area (Å²) in [5.41, 5.74) is 10.6. The van der Waals surface area contributed by atoms with E-state index in [0.717, 1.165) is 35.1 Å². The lowest BCUT2D eigenvalue weighted by Gasteiger charge is -2.13. The van der Waals surface area contributed by atoms with E-state index in [1.807, 2.05) is 56.3 Å². The van der Waals surface area contributed by atoms with Crippen LogP contribution in [0.5, 0.6) is 0 Å². The molecule has 0 spiro atoms. The maximum absolute atomic E-state index is 13.9. The van der Waals surface area contributed by atoms with Gasteiger partial charge in [0.25, 0.3) is 11.5 Å². The number of amides is 1. The van der Waals surface area contributed by atoms with Crippen molar-refractivity contribution in [2.45, 2.75) is 39.3 Å². The maximum Gasteiger partial charge on any atom is 0.290 e. The lowest BCUT2D eigenvalue weighted by Crippen LogP contribution is -2.23. The van der Waals surface area contributed by atoms with Gasteiger partial charge in [0.15, 0.2) is 5.82 Å². The Morgan fingerprint density at radius 2 is 1.97 bits per heavy atom. The molecule has 0 saturated heterocycles. The molecule has 35 heavy (non-hydrogen) atoms. The summed E-state index contributed by atoms with van der Waals surface area (Å²) >= 11 is 0. The number of H-pyrrole nitrogens is 1. The van der Waals surface area contributed by atoms with Gasteiger partial charge in [0.2, 0.25) is 0 Å². The molecule has 1 aliphatic carbocycles. The Balaban J connectivity index is 1.43. The highest BCUT2D eigenvalue weighted by atomic mass is 19.1. The zero-order chi connectivity index (χ0) is 24.7. The summed E-state index contributed by atoms with van der Waals surface area (Å²) in [7, 11) is 0. The lowest BCUT2D eigenvalue weighted by atomic mass is 10.0. The summed E-state index contributed by atoms with van der Waals surface area (Å²) < 4.78 is 15.4. The van der Waals surface area contributed by atoms with Crippen molar-refractivity contribution in [1.29, 1.82) is 0 Å². The summed E-state index contributed by atoms with van der Waals surface area (Å²) in [6.45, 7) is 3.61. The Morgan fingerprint density at radius 1 is 1.23 bits per heavy atom. The number of carbonyl (C=O) groups is 1. The zero-order valence-electron chi connectivity index (χ0n) is 19.6. The van der Waals surface area contributed by atoms with Crippen LogP contribution in [0.15, 0.2) is 47.3 Å². The van der Waals surface area contributed by atoms with Crippen LogP contribution in [0, 0.1) is 19.8 Å². The third-order valence-corrected chi connectivity index (χ3v) is 6.62. The number of rotatable bonds is 7. The Bertz CT molecular complexity index is 1470. The van der Waals surface area contributed by atoms with Gasteiger partial charge >= 0.3 is 0 Å². The second kappa shape index (κ2) is 8.98. The van der Waals surface area contributed by atoms with Gasteiger partial charge in [-0.2, -0.15) is 10.2 Å². The average Bonchev–Trinajstić information content (AvgIpc) is 3.61. The number of nitrogens with one attached hydrogen (secondary N) is 2. The number of hydrogen-bond donors (Lipinski definition) is 3. The number of carbonyl (C=O) groups excluding carboxylic acids is 1. The summed E-state index contributed by atoms with van der Waals surface area (Å²) in [4.78, 5) is 25.3. The molecule has 2 heterocycles. The molecule has 2 aromatic carbocycles. The third kappa shape index (κ3) is 4.29. The zero-order valence-corrected chi connectivity index (χ0v) is 19.6. The highest BCUT2D eigenvalue weighted by molar-refractivity contribution is 5.99. The Labute approximate surface area is 201 Å². The van der Waals surface area contributed by atoms with E-state index in [2.05, 4.69) is 20.6 Å². The minimum Gasteiger partial charge on any atom is -0.382 e. The molecule has 0 radical (unpaired) electrons. The summed E-state index contributed by atoms with van der Waals surface area (Å²) in [6.07, 6.45) is 1.82. The molecule has 5 rings (SSSR count). The molecule has 1 fully saturated rings. The first-order valence-corrected chi connectivity index (χ1v) is 11.6. The van der Waals surface area contributed by atoms with Gasteiger partial charge in [0, 0.05) is 17.7 Å². The Kier molecular flexibility index (Phi) is 5.84. The molecule has 1 saturated carbocycles. The van der Waals surface area contributed by atoms with Crippen LogP contribution in [0.1, 0.15) is 45.9 Å². The van der Waals surface area contributed by atoms with Crippen molar-refractivity contribution in [2.75, 3.05) is 12.4 Å². The number of aromatic amines is 1. The lowest BCUT2D eigenvalue weighted by molar-refractivity contribution is 0.0950. The minimum atomic E-state index is -0.610. The molecule has 0 aliphatic heterocycles. The fraction of sp³-hybridized carbons (Fsp3) is 0.308. The number of aromatic nitrogens is 4. The van der Waals surface area contributed by atoms with Gasteiger partial charge in [-0.1, -0.05) is 42.0 Å². The normalized spacial score (nSPS) is 14.3. The van der Waals surface area contributed by atoms with E-state index in [0.29, 0.717) is 23.2 Å². The molecule has 4 aromatic rings. The molecule has 4 N–H and O–H groups in total. The molecule has 0 unspecified atom stereocenters. The van der Waals surface area contributed by atoms with Crippen molar-refractivity contribution < 1.29 is 9.18 Å². The van der Waals surface area contributed by atoms with Crippen LogP contribution in [-0.4, -0.2) is 32.6 Å². The fourth-order valence-electron chi connectivity index (χ4n) is 4.47. The predicted molar refractivity (Wildman–Crippen MR) is 133 cm³/mol. The van der Waals surface area contributed by atoms with Crippen LogP contribution in [0.2, 0.25) is 0 Å². The molecule has 1 atom stereocenters. The number of nitrogens with zero attached hydrogens (tertiary/aromatic N) is 3. The van der Waals surface area contributed by atoms with E-state index in [9.17, 15) is 14.0 Å². The smallest absolute Gasteiger partial charge is 0.290 e. The Hall–Kier alpha value is -4.01. The van der Waals surface area contributed by atoms with Gasteiger partial charge in [0.1, 0.15) is 17.9 Å². The van der Waals surface area contributed by atoms with E-state index in [1.165, 1.54) is 4.68 Å². The molecule has 1 aliphatic rings. The number of aryl methyl sites for hydroxylation is 2. The number of nitrogen functional groups attached to an aromatic ring is 1. The molecular weight excluding hydrogens is 447 g/mol. The molecule has 1 amide bonds. The monoisotopic (exact) mass is 474 g/mol. The van der Waals surface area contributed by atoms with Gasteiger partial charge in [0.05, 0.1) is 11.4 Å². The molecule has 8 nitrogen and oxygen atoms in total. The number of anilines is 1. The van der Waals surface area contributed by atoms with E-state index >= 15 is 0 Å². The average molecular weight is 475 g/mol. The van der Waals surface area contributed by atoms with Crippen LogP contribution in [0.4, 0.5) is 10.2 Å². The van der Waals surface area contributed by atoms with Gasteiger partial charge in [-0.05, 0) is 49.8 Å². The predicted octanol–water partition coefficient (Wildman–Crippen LogP) is 3.84. The van der Waals surface area contributed by atoms with Crippen molar-refractivity contribution in [1.82, 2.24) is 25.3 Å². The van der Waals surface area contributed by atoms with Crippen LogP contribution in [-0.2, 0) is 6.54 Å². The number of nitrogens with two attached hydrogens (primary N) is 1. The van der Waals surface area contributed by atoms with Crippen LogP contribution in [0.3, 0.4) is 0 Å². The number of fused-ring (bicyclic) bond motifs is 1. The first-order chi connectivity index (χ1) is 16.9. The molecule has 2 aromatic heterocycles. The minimum absolute atomic E-state index is 0.129. The second-order valence-electron chi connectivity index (χ2n) is 9.21. The molecule has 180 valence electrons. The SMILES string of the molecule is Cc1ccc(C)c(C(=O)NCc2ccc(-c3nn([C@@H](CF)C4CC4)c4c(=O)[nH]nc(N)c34)cc2)c1. The maximum atomic E-state index is 13.9. The molecule has 9 heteroatoms. The van der Waals surface area contributed by atoms with Crippen molar-refractivity contribution in [3.8, 4) is 11.3 Å². The fourth-order valence-corrected chi connectivity index (χ4v) is 4.47. The first kappa shape index (κ1) is 22.8. The largest absolute Gasteiger partial charge is 0.382 e. The van der Waals surface area contributed by atoms with Gasteiger partial charge in [-0.25, -0.2) is 9.49 Å². The second-order valence-corrected chi connectivity index (χ2v) is 9.21. The first-order valence-electron chi connectivity index (χ1n) is 11.6. The van der Waals surface area contributed by atoms with Crippen molar-refractivity contribution in [2.24, 2.45) is 5.92 Å². The highest BCUT2D eigenvalue weighted by Crippen LogP contribution is 2.42. The van der Waals surface area contributed by atoms with Gasteiger partial charge in [-0.3, -0.25) is 14.3 Å². The van der Waals surface area contributed by atoms with Gasteiger partial charge in [-0.15, -0.1) is 0 Å². The van der Waals surface area contributed by atoms with Crippen LogP contribution >= 0.6 is 0 Å². The van der Waals surface area contributed by atoms with Crippen molar-refractivity contribution >= 4 is 22.6 Å². The molecular formula is C26H27FN6O2. The standard InChI is InChI=1S/C26H27FN6O2/c1-14-3-4-15(2)19(11-14)25(34)29-13-16-5-7-18(8-6-16)22-21-23(26(35)31-30-24(21)28)33(32-22)20(12-27)17-9-10-17/h3-8,11,17,20H,9-10,12-13H2,1-2H3,(H2,28,30)(H,29,34)(H,31,35)/t20-/m0/s1. The van der Waals surface area contributed by atoms with Gasteiger partial charge < -0.3 is 11.1 Å². The summed E-state index contributed by atoms with van der Waals surface area (Å²) in [5.74, 6) is 0.169. The van der Waals surface area contributed by atoms with Crippen molar-refractivity contribution in [3.05, 3.63) is 75.1 Å². The number of alkyl halides is 1. The van der Waals surface area contributed by atoms with E-state index in [4.69, 9.17) is 5.73 Å². The van der Waals surface area contributed by atoms with E-state index < -0.39 is 18.3 Å². The third-order valence-electron chi connectivity index (χ3n) is 6.62. The van der Waals surface area contributed by atoms with Crippen molar-refractivity contribution in [3.63, 3.8) is 0 Å². The molecule has 0 bridgehead atoms. The highest BCUT2D eigenvalue weighted by Gasteiger charge is 2.35. The summed E-state index contributed by atoms with van der Waals surface area (Å²) in [6, 6.07) is 12.8. The van der Waals surface area contributed by atoms with Crippen LogP contribution < -0.4 is 16.6 Å². The van der Waals surface area contributed by atoms with E-state index in [-0.39, 0.29) is 23.2 Å². The quantitative estimate of drug-likeness (QED) is 0.376.